The maximum Gasteiger partial charge on any atom is 0.335 e. The number of carboxylic acids is 1. The van der Waals surface area contributed by atoms with Crippen molar-refractivity contribution in [2.24, 2.45) is 5.73 Å². The van der Waals surface area contributed by atoms with E-state index in [-0.39, 0.29) is 6.04 Å². The molecule has 14 heavy (non-hydrogen) atoms. The molecule has 0 radical (unpaired) electrons. The minimum atomic E-state index is -0.859. The van der Waals surface area contributed by atoms with Crippen molar-refractivity contribution in [3.05, 3.63) is 34.9 Å². The lowest BCUT2D eigenvalue weighted by Gasteiger charge is -2.21. The molecular formula is C11H13NO2. The van der Waals surface area contributed by atoms with E-state index in [1.165, 1.54) is 5.56 Å². The van der Waals surface area contributed by atoms with Gasteiger partial charge in [0.05, 0.1) is 5.56 Å². The number of aromatic carboxylic acids is 1. The van der Waals surface area contributed by atoms with Crippen molar-refractivity contribution in [3.63, 3.8) is 0 Å². The number of carboxylic acid groups (broad SMARTS) is 1. The molecule has 0 saturated carbocycles. The Morgan fingerprint density at radius 3 is 2.93 bits per heavy atom. The highest BCUT2D eigenvalue weighted by Crippen LogP contribution is 2.21. The summed E-state index contributed by atoms with van der Waals surface area (Å²) in [4.78, 5) is 10.7. The molecule has 0 amide bonds. The predicted octanol–water partition coefficient (Wildman–Crippen LogP) is 1.20. The number of fused-ring (bicyclic) bond motifs is 1. The quantitative estimate of drug-likeness (QED) is 0.701. The second kappa shape index (κ2) is 3.42. The number of carbonyl (C=O) groups is 1. The third-order valence-electron chi connectivity index (χ3n) is 2.72. The molecule has 3 heteroatoms. The summed E-state index contributed by atoms with van der Waals surface area (Å²) in [6.45, 7) is 0. The predicted molar refractivity (Wildman–Crippen MR) is 53.4 cm³/mol. The summed E-state index contributed by atoms with van der Waals surface area (Å²) in [7, 11) is 0. The van der Waals surface area contributed by atoms with Crippen LogP contribution < -0.4 is 5.73 Å². The molecule has 0 spiro atoms. The van der Waals surface area contributed by atoms with Crippen LogP contribution in [0.3, 0.4) is 0 Å². The molecule has 0 heterocycles. The zero-order chi connectivity index (χ0) is 10.1. The summed E-state index contributed by atoms with van der Waals surface area (Å²) in [5.41, 5.74) is 8.55. The van der Waals surface area contributed by atoms with Gasteiger partial charge in [-0.15, -0.1) is 0 Å². The average molecular weight is 191 g/mol. The standard InChI is InChI=1S/C11H13NO2/c12-10-4-3-7-5-9(11(13)14)2-1-8(7)6-10/h1-2,5,10H,3-4,6,12H2,(H,13,14). The van der Waals surface area contributed by atoms with Gasteiger partial charge in [-0.05, 0) is 42.5 Å². The van der Waals surface area contributed by atoms with Gasteiger partial charge in [0.2, 0.25) is 0 Å². The topological polar surface area (TPSA) is 63.3 Å². The Morgan fingerprint density at radius 1 is 1.43 bits per heavy atom. The zero-order valence-electron chi connectivity index (χ0n) is 7.86. The number of rotatable bonds is 1. The van der Waals surface area contributed by atoms with Crippen LogP contribution in [-0.4, -0.2) is 17.1 Å². The number of aryl methyl sites for hydroxylation is 1. The lowest BCUT2D eigenvalue weighted by molar-refractivity contribution is 0.0696. The first-order valence-electron chi connectivity index (χ1n) is 4.77. The highest BCUT2D eigenvalue weighted by molar-refractivity contribution is 5.87. The molecule has 74 valence electrons. The Hall–Kier alpha value is -1.35. The number of hydrogen-bond donors (Lipinski definition) is 2. The van der Waals surface area contributed by atoms with Gasteiger partial charge in [0.25, 0.3) is 0 Å². The van der Waals surface area contributed by atoms with Crippen LogP contribution in [0.25, 0.3) is 0 Å². The monoisotopic (exact) mass is 191 g/mol. The number of benzene rings is 1. The van der Waals surface area contributed by atoms with E-state index in [4.69, 9.17) is 10.8 Å². The molecule has 1 atom stereocenters. The summed E-state index contributed by atoms with van der Waals surface area (Å²) in [6, 6.07) is 5.54. The Labute approximate surface area is 82.5 Å². The third-order valence-corrected chi connectivity index (χ3v) is 2.72. The molecule has 1 aliphatic rings. The van der Waals surface area contributed by atoms with Gasteiger partial charge in [0, 0.05) is 6.04 Å². The van der Waals surface area contributed by atoms with Crippen LogP contribution >= 0.6 is 0 Å². The van der Waals surface area contributed by atoms with Gasteiger partial charge in [0.1, 0.15) is 0 Å². The lowest BCUT2D eigenvalue weighted by atomic mass is 9.88. The van der Waals surface area contributed by atoms with Crippen molar-refractivity contribution in [2.75, 3.05) is 0 Å². The van der Waals surface area contributed by atoms with E-state index in [2.05, 4.69) is 0 Å². The van der Waals surface area contributed by atoms with Gasteiger partial charge in [-0.1, -0.05) is 6.07 Å². The smallest absolute Gasteiger partial charge is 0.335 e. The van der Waals surface area contributed by atoms with Gasteiger partial charge in [-0.25, -0.2) is 4.79 Å². The van der Waals surface area contributed by atoms with Crippen molar-refractivity contribution in [2.45, 2.75) is 25.3 Å². The fraction of sp³-hybridized carbons (Fsp3) is 0.364. The summed E-state index contributed by atoms with van der Waals surface area (Å²) in [5.74, 6) is -0.859. The zero-order valence-corrected chi connectivity index (χ0v) is 7.86. The normalized spacial score (nSPS) is 20.2. The molecule has 1 aliphatic carbocycles. The fourth-order valence-corrected chi connectivity index (χ4v) is 1.92. The van der Waals surface area contributed by atoms with Crippen LogP contribution in [0.2, 0.25) is 0 Å². The van der Waals surface area contributed by atoms with Crippen LogP contribution in [0.5, 0.6) is 0 Å². The maximum absolute atomic E-state index is 10.7. The highest BCUT2D eigenvalue weighted by atomic mass is 16.4. The Balaban J connectivity index is 2.36. The lowest BCUT2D eigenvalue weighted by Crippen LogP contribution is -2.27. The first kappa shape index (κ1) is 9.21. The molecule has 0 fully saturated rings. The molecule has 1 aromatic carbocycles. The second-order valence-electron chi connectivity index (χ2n) is 3.79. The first-order chi connectivity index (χ1) is 6.66. The summed E-state index contributed by atoms with van der Waals surface area (Å²) in [5, 5.41) is 8.81. The van der Waals surface area contributed by atoms with E-state index in [0.717, 1.165) is 24.8 Å². The summed E-state index contributed by atoms with van der Waals surface area (Å²) < 4.78 is 0. The van der Waals surface area contributed by atoms with Gasteiger partial charge in [-0.3, -0.25) is 0 Å². The van der Waals surface area contributed by atoms with Crippen LogP contribution in [0, 0.1) is 0 Å². The fourth-order valence-electron chi connectivity index (χ4n) is 1.92. The molecule has 0 aliphatic heterocycles. The summed E-state index contributed by atoms with van der Waals surface area (Å²) >= 11 is 0. The minimum Gasteiger partial charge on any atom is -0.478 e. The van der Waals surface area contributed by atoms with E-state index in [1.54, 1.807) is 12.1 Å². The molecule has 1 aromatic rings. The van der Waals surface area contributed by atoms with Crippen LogP contribution in [0.4, 0.5) is 0 Å². The molecule has 3 N–H and O–H groups in total. The minimum absolute atomic E-state index is 0.234. The third kappa shape index (κ3) is 1.63. The van der Waals surface area contributed by atoms with Crippen LogP contribution in [-0.2, 0) is 12.8 Å². The number of hydrogen-bond acceptors (Lipinski definition) is 2. The second-order valence-corrected chi connectivity index (χ2v) is 3.79. The Kier molecular flexibility index (Phi) is 2.25. The molecule has 0 bridgehead atoms. The highest BCUT2D eigenvalue weighted by Gasteiger charge is 2.16. The van der Waals surface area contributed by atoms with Gasteiger partial charge >= 0.3 is 5.97 Å². The van der Waals surface area contributed by atoms with Crippen molar-refractivity contribution in [1.82, 2.24) is 0 Å². The van der Waals surface area contributed by atoms with Crippen molar-refractivity contribution in [3.8, 4) is 0 Å². The first-order valence-corrected chi connectivity index (χ1v) is 4.77. The SMILES string of the molecule is NC1CCc2cc(C(=O)O)ccc2C1. The van der Waals surface area contributed by atoms with E-state index in [0.29, 0.717) is 5.56 Å². The maximum atomic E-state index is 10.7. The van der Waals surface area contributed by atoms with Gasteiger partial charge in [-0.2, -0.15) is 0 Å². The molecule has 0 aromatic heterocycles. The van der Waals surface area contributed by atoms with E-state index < -0.39 is 5.97 Å². The largest absolute Gasteiger partial charge is 0.478 e. The molecule has 0 saturated heterocycles. The van der Waals surface area contributed by atoms with E-state index >= 15 is 0 Å². The number of nitrogens with two attached hydrogens (primary N) is 1. The van der Waals surface area contributed by atoms with Gasteiger partial charge < -0.3 is 10.8 Å². The summed E-state index contributed by atoms with van der Waals surface area (Å²) in [6.07, 6.45) is 2.73. The van der Waals surface area contributed by atoms with Crippen molar-refractivity contribution < 1.29 is 9.90 Å². The van der Waals surface area contributed by atoms with Crippen molar-refractivity contribution >= 4 is 5.97 Å². The van der Waals surface area contributed by atoms with Gasteiger partial charge in [0.15, 0.2) is 0 Å². The molecule has 2 rings (SSSR count). The Bertz CT molecular complexity index is 374. The van der Waals surface area contributed by atoms with E-state index in [1.807, 2.05) is 6.07 Å². The van der Waals surface area contributed by atoms with Crippen LogP contribution in [0.15, 0.2) is 18.2 Å². The molecule has 1 unspecified atom stereocenters. The van der Waals surface area contributed by atoms with E-state index in [9.17, 15) is 4.79 Å². The Morgan fingerprint density at radius 2 is 2.21 bits per heavy atom. The average Bonchev–Trinajstić information content (AvgIpc) is 2.16. The van der Waals surface area contributed by atoms with Crippen molar-refractivity contribution in [1.29, 1.82) is 0 Å². The van der Waals surface area contributed by atoms with Crippen LogP contribution in [0.1, 0.15) is 27.9 Å². The molecule has 3 nitrogen and oxygen atoms in total. The molecular weight excluding hydrogens is 178 g/mol.